The number of nitrogens with one attached hydrogen (secondary N) is 1. The molecule has 0 aliphatic heterocycles. The van der Waals surface area contributed by atoms with Crippen LogP contribution in [0.1, 0.15) is 6.92 Å². The predicted octanol–water partition coefficient (Wildman–Crippen LogP) is 0.699. The molecule has 4 N–H and O–H groups in total. The fraction of sp³-hybridized carbons (Fsp3) is 0.400. The lowest BCUT2D eigenvalue weighted by Gasteiger charge is -2.13. The van der Waals surface area contributed by atoms with Crippen LogP contribution in [0.2, 0.25) is 0 Å². The topological polar surface area (TPSA) is 102 Å². The molecule has 0 fully saturated rings. The van der Waals surface area contributed by atoms with Crippen LogP contribution in [-0.2, 0) is 10.0 Å². The van der Waals surface area contributed by atoms with Crippen molar-refractivity contribution in [3.63, 3.8) is 0 Å². The lowest BCUT2D eigenvalue weighted by molar-refractivity contribution is 0.198. The third-order valence-corrected chi connectivity index (χ3v) is 4.27. The number of methoxy groups -OCH3 is 1. The highest BCUT2D eigenvalue weighted by Gasteiger charge is 2.21. The summed E-state index contributed by atoms with van der Waals surface area (Å²) in [5.74, 6) is 0.175. The minimum Gasteiger partial charge on any atom is -0.495 e. The van der Waals surface area contributed by atoms with Crippen LogP contribution in [0.5, 0.6) is 5.75 Å². The summed E-state index contributed by atoms with van der Waals surface area (Å²) >= 11 is 3.19. The Morgan fingerprint density at radius 1 is 1.56 bits per heavy atom. The molecule has 1 rings (SSSR count). The van der Waals surface area contributed by atoms with Gasteiger partial charge in [-0.25, -0.2) is 13.1 Å². The van der Waals surface area contributed by atoms with Gasteiger partial charge in [0.05, 0.1) is 13.2 Å². The van der Waals surface area contributed by atoms with Crippen molar-refractivity contribution >= 4 is 31.6 Å². The quantitative estimate of drug-likeness (QED) is 0.686. The maximum atomic E-state index is 12.0. The molecule has 0 aromatic heterocycles. The Morgan fingerprint density at radius 3 is 2.67 bits per heavy atom. The number of benzene rings is 1. The van der Waals surface area contributed by atoms with Crippen LogP contribution in [0.3, 0.4) is 0 Å². The number of aliphatic hydroxyl groups excluding tert-OH is 1. The van der Waals surface area contributed by atoms with E-state index < -0.39 is 16.1 Å². The van der Waals surface area contributed by atoms with E-state index in [1.807, 2.05) is 0 Å². The number of sulfonamides is 1. The molecule has 1 unspecified atom stereocenters. The van der Waals surface area contributed by atoms with Gasteiger partial charge in [-0.05, 0) is 35.0 Å². The number of rotatable bonds is 5. The lowest BCUT2D eigenvalue weighted by Crippen LogP contribution is -2.31. The van der Waals surface area contributed by atoms with Gasteiger partial charge in [0, 0.05) is 16.7 Å². The molecule has 1 aromatic rings. The second kappa shape index (κ2) is 5.87. The summed E-state index contributed by atoms with van der Waals surface area (Å²) in [4.78, 5) is -0.0636. The van der Waals surface area contributed by atoms with Gasteiger partial charge in [-0.2, -0.15) is 0 Å². The average Bonchev–Trinajstić information content (AvgIpc) is 2.29. The zero-order valence-corrected chi connectivity index (χ0v) is 12.4. The van der Waals surface area contributed by atoms with Gasteiger partial charge in [0.25, 0.3) is 0 Å². The van der Waals surface area contributed by atoms with Gasteiger partial charge in [0.15, 0.2) is 0 Å². The Balaban J connectivity index is 3.19. The first kappa shape index (κ1) is 15.2. The van der Waals surface area contributed by atoms with Gasteiger partial charge in [-0.15, -0.1) is 0 Å². The van der Waals surface area contributed by atoms with Gasteiger partial charge in [-0.1, -0.05) is 0 Å². The van der Waals surface area contributed by atoms with E-state index in [4.69, 9.17) is 15.6 Å². The molecule has 1 aromatic carbocycles. The van der Waals surface area contributed by atoms with Crippen molar-refractivity contribution in [2.75, 3.05) is 19.4 Å². The fourth-order valence-electron chi connectivity index (χ4n) is 1.23. The van der Waals surface area contributed by atoms with E-state index in [2.05, 4.69) is 20.7 Å². The standard InChI is InChI=1S/C10H15BrN2O4S/c1-6(14)5-13-18(15,16)10-4-8(12)7(11)3-9(10)17-2/h3-4,6,13-14H,5,12H2,1-2H3. The predicted molar refractivity (Wildman–Crippen MR) is 72.0 cm³/mol. The Morgan fingerprint density at radius 2 is 2.17 bits per heavy atom. The third kappa shape index (κ3) is 3.58. The molecular weight excluding hydrogens is 324 g/mol. The van der Waals surface area contributed by atoms with E-state index in [1.54, 1.807) is 0 Å². The second-order valence-electron chi connectivity index (χ2n) is 3.73. The Hall–Kier alpha value is -0.830. The van der Waals surface area contributed by atoms with Gasteiger partial charge in [-0.3, -0.25) is 0 Å². The highest BCUT2D eigenvalue weighted by molar-refractivity contribution is 9.10. The molecule has 0 amide bonds. The van der Waals surface area contributed by atoms with Crippen molar-refractivity contribution in [1.82, 2.24) is 4.72 Å². The number of hydrogen-bond acceptors (Lipinski definition) is 5. The molecular formula is C10H15BrN2O4S. The molecule has 0 heterocycles. The summed E-state index contributed by atoms with van der Waals surface area (Å²) in [7, 11) is -2.41. The van der Waals surface area contributed by atoms with E-state index in [9.17, 15) is 8.42 Å². The Bertz CT molecular complexity index is 531. The van der Waals surface area contributed by atoms with Crippen LogP contribution in [0.4, 0.5) is 5.69 Å². The number of aliphatic hydroxyl groups is 1. The van der Waals surface area contributed by atoms with Crippen LogP contribution in [0, 0.1) is 0 Å². The van der Waals surface area contributed by atoms with E-state index in [0.717, 1.165) is 0 Å². The molecule has 1 atom stereocenters. The first-order valence-electron chi connectivity index (χ1n) is 5.08. The highest BCUT2D eigenvalue weighted by atomic mass is 79.9. The number of nitrogens with two attached hydrogens (primary N) is 1. The van der Waals surface area contributed by atoms with E-state index in [1.165, 1.54) is 26.2 Å². The normalized spacial score (nSPS) is 13.3. The van der Waals surface area contributed by atoms with Crippen LogP contribution in [-0.4, -0.2) is 33.3 Å². The second-order valence-corrected chi connectivity index (χ2v) is 6.32. The highest BCUT2D eigenvalue weighted by Crippen LogP contribution is 2.32. The van der Waals surface area contributed by atoms with Crippen molar-refractivity contribution in [3.8, 4) is 5.75 Å². The first-order valence-corrected chi connectivity index (χ1v) is 7.36. The summed E-state index contributed by atoms with van der Waals surface area (Å²) in [5.41, 5.74) is 5.94. The molecule has 6 nitrogen and oxygen atoms in total. The number of hydrogen-bond donors (Lipinski definition) is 3. The monoisotopic (exact) mass is 338 g/mol. The SMILES string of the molecule is COc1cc(Br)c(N)cc1S(=O)(=O)NCC(C)O. The van der Waals surface area contributed by atoms with Gasteiger partial charge >= 0.3 is 0 Å². The van der Waals surface area contributed by atoms with Gasteiger partial charge in [0.2, 0.25) is 10.0 Å². The molecule has 0 spiro atoms. The molecule has 0 aliphatic carbocycles. The molecule has 18 heavy (non-hydrogen) atoms. The maximum Gasteiger partial charge on any atom is 0.244 e. The maximum absolute atomic E-state index is 12.0. The number of halogens is 1. The lowest BCUT2D eigenvalue weighted by atomic mass is 10.3. The summed E-state index contributed by atoms with van der Waals surface area (Å²) in [6.07, 6.45) is -0.779. The zero-order chi connectivity index (χ0) is 13.9. The summed E-state index contributed by atoms with van der Waals surface area (Å²) < 4.78 is 31.8. The molecule has 102 valence electrons. The van der Waals surface area contributed by atoms with Crippen LogP contribution < -0.4 is 15.2 Å². The van der Waals surface area contributed by atoms with Crippen molar-refractivity contribution in [3.05, 3.63) is 16.6 Å². The largest absolute Gasteiger partial charge is 0.495 e. The Labute approximate surface area is 114 Å². The summed E-state index contributed by atoms with van der Waals surface area (Å²) in [5, 5.41) is 9.10. The number of nitrogen functional groups attached to an aromatic ring is 1. The zero-order valence-electron chi connectivity index (χ0n) is 9.97. The molecule has 0 radical (unpaired) electrons. The number of ether oxygens (including phenoxy) is 1. The van der Waals surface area contributed by atoms with E-state index >= 15 is 0 Å². The number of anilines is 1. The van der Waals surface area contributed by atoms with Crippen LogP contribution >= 0.6 is 15.9 Å². The molecule has 0 aliphatic rings. The minimum atomic E-state index is -3.77. The third-order valence-electron chi connectivity index (χ3n) is 2.14. The van der Waals surface area contributed by atoms with Crippen LogP contribution in [0.15, 0.2) is 21.5 Å². The average molecular weight is 339 g/mol. The molecule has 8 heteroatoms. The molecule has 0 saturated heterocycles. The fourth-order valence-corrected chi connectivity index (χ4v) is 2.86. The molecule has 0 bridgehead atoms. The Kier molecular flexibility index (Phi) is 4.97. The van der Waals surface area contributed by atoms with Gasteiger partial charge < -0.3 is 15.6 Å². The van der Waals surface area contributed by atoms with Crippen molar-refractivity contribution in [1.29, 1.82) is 0 Å². The van der Waals surface area contributed by atoms with Crippen molar-refractivity contribution < 1.29 is 18.3 Å². The summed E-state index contributed by atoms with van der Waals surface area (Å²) in [6.45, 7) is 1.40. The van der Waals surface area contributed by atoms with Crippen LogP contribution in [0.25, 0.3) is 0 Å². The molecule has 0 saturated carbocycles. The van der Waals surface area contributed by atoms with E-state index in [-0.39, 0.29) is 22.9 Å². The minimum absolute atomic E-state index is 0.0636. The smallest absolute Gasteiger partial charge is 0.244 e. The first-order chi connectivity index (χ1) is 8.27. The van der Waals surface area contributed by atoms with Crippen molar-refractivity contribution in [2.45, 2.75) is 17.9 Å². The van der Waals surface area contributed by atoms with Crippen molar-refractivity contribution in [2.24, 2.45) is 0 Å². The van der Waals surface area contributed by atoms with Gasteiger partial charge in [0.1, 0.15) is 10.6 Å². The van der Waals surface area contributed by atoms with E-state index in [0.29, 0.717) is 4.47 Å². The summed E-state index contributed by atoms with van der Waals surface area (Å²) in [6, 6.07) is 2.78.